The van der Waals surface area contributed by atoms with Crippen molar-refractivity contribution in [1.29, 1.82) is 0 Å². The Balaban J connectivity index is 2.99. The minimum Gasteiger partial charge on any atom is -0.465 e. The first-order valence-electron chi connectivity index (χ1n) is 5.05. The molecule has 100 valence electrons. The van der Waals surface area contributed by atoms with E-state index in [1.165, 1.54) is 19.2 Å². The number of rotatable bonds is 5. The fourth-order valence-electron chi connectivity index (χ4n) is 1.26. The molecule has 0 aliphatic heterocycles. The molecule has 7 heteroatoms. The number of nitrogens with one attached hydrogen (secondary N) is 1. The van der Waals surface area contributed by atoms with Crippen molar-refractivity contribution in [1.82, 2.24) is 0 Å². The smallest absolute Gasteiger partial charge is 0.339 e. The van der Waals surface area contributed by atoms with Crippen LogP contribution in [-0.2, 0) is 4.74 Å². The molecular formula is C11H12Cl3NO3. The van der Waals surface area contributed by atoms with E-state index in [0.717, 1.165) is 0 Å². The summed E-state index contributed by atoms with van der Waals surface area (Å²) in [7, 11) is 1.26. The third kappa shape index (κ3) is 3.65. The third-order valence-corrected chi connectivity index (χ3v) is 3.25. The Bertz CT molecular complexity index is 440. The molecule has 0 spiro atoms. The van der Waals surface area contributed by atoms with E-state index in [1.807, 2.05) is 0 Å². The van der Waals surface area contributed by atoms with Crippen molar-refractivity contribution in [3.63, 3.8) is 0 Å². The van der Waals surface area contributed by atoms with Gasteiger partial charge in [-0.15, -0.1) is 11.6 Å². The maximum absolute atomic E-state index is 11.4. The number of alkyl halides is 1. The Hall–Kier alpha value is -0.680. The van der Waals surface area contributed by atoms with E-state index in [4.69, 9.17) is 34.8 Å². The zero-order chi connectivity index (χ0) is 13.7. The first kappa shape index (κ1) is 15.4. The molecule has 1 aromatic rings. The first-order chi connectivity index (χ1) is 8.51. The Morgan fingerprint density at radius 2 is 2.17 bits per heavy atom. The number of esters is 1. The molecule has 1 aromatic carbocycles. The number of hydrogen-bond acceptors (Lipinski definition) is 4. The predicted octanol–water partition coefficient (Wildman–Crippen LogP) is 2.79. The number of hydrogen-bond donors (Lipinski definition) is 2. The molecule has 1 atom stereocenters. The largest absolute Gasteiger partial charge is 0.465 e. The molecule has 0 saturated heterocycles. The van der Waals surface area contributed by atoms with Crippen LogP contribution in [-0.4, -0.2) is 36.7 Å². The summed E-state index contributed by atoms with van der Waals surface area (Å²) in [5, 5.41) is 12.7. The summed E-state index contributed by atoms with van der Waals surface area (Å²) in [6.07, 6.45) is -0.736. The molecule has 0 amide bonds. The van der Waals surface area contributed by atoms with E-state index >= 15 is 0 Å². The van der Waals surface area contributed by atoms with Crippen molar-refractivity contribution in [2.75, 3.05) is 24.9 Å². The van der Waals surface area contributed by atoms with Gasteiger partial charge in [0, 0.05) is 6.54 Å². The molecule has 0 aliphatic rings. The van der Waals surface area contributed by atoms with Crippen LogP contribution in [0.4, 0.5) is 5.69 Å². The van der Waals surface area contributed by atoms with Crippen LogP contribution in [0.5, 0.6) is 0 Å². The number of carbonyl (C=O) groups excluding carboxylic acids is 1. The van der Waals surface area contributed by atoms with Crippen LogP contribution in [0, 0.1) is 0 Å². The molecule has 0 fully saturated rings. The number of aliphatic hydroxyl groups is 1. The maximum atomic E-state index is 11.4. The van der Waals surface area contributed by atoms with E-state index in [2.05, 4.69) is 10.1 Å². The van der Waals surface area contributed by atoms with Crippen molar-refractivity contribution in [2.45, 2.75) is 6.10 Å². The zero-order valence-corrected chi connectivity index (χ0v) is 11.8. The minimum atomic E-state index is -0.736. The van der Waals surface area contributed by atoms with Gasteiger partial charge in [-0.3, -0.25) is 0 Å². The highest BCUT2D eigenvalue weighted by Crippen LogP contribution is 2.33. The minimum absolute atomic E-state index is 0.0823. The normalized spacial score (nSPS) is 12.1. The van der Waals surface area contributed by atoms with Gasteiger partial charge >= 0.3 is 5.97 Å². The molecule has 0 aliphatic carbocycles. The van der Waals surface area contributed by atoms with Crippen LogP contribution in [0.15, 0.2) is 12.1 Å². The molecular weight excluding hydrogens is 300 g/mol. The van der Waals surface area contributed by atoms with Crippen molar-refractivity contribution in [3.8, 4) is 0 Å². The van der Waals surface area contributed by atoms with Gasteiger partial charge in [0.05, 0.1) is 40.4 Å². The quantitative estimate of drug-likeness (QED) is 0.648. The van der Waals surface area contributed by atoms with Crippen LogP contribution in [0.1, 0.15) is 10.4 Å². The summed E-state index contributed by atoms with van der Waals surface area (Å²) < 4.78 is 4.59. The van der Waals surface area contributed by atoms with E-state index in [9.17, 15) is 9.90 Å². The van der Waals surface area contributed by atoms with Gasteiger partial charge in [-0.2, -0.15) is 0 Å². The lowest BCUT2D eigenvalue weighted by Gasteiger charge is -2.14. The van der Waals surface area contributed by atoms with Gasteiger partial charge in [0.1, 0.15) is 0 Å². The molecule has 1 rings (SSSR count). The van der Waals surface area contributed by atoms with Crippen molar-refractivity contribution < 1.29 is 14.6 Å². The van der Waals surface area contributed by atoms with Crippen molar-refractivity contribution >= 4 is 46.5 Å². The molecule has 0 radical (unpaired) electrons. The lowest BCUT2D eigenvalue weighted by Crippen LogP contribution is -2.21. The van der Waals surface area contributed by atoms with Gasteiger partial charge in [-0.25, -0.2) is 4.79 Å². The number of halogens is 3. The molecule has 0 saturated carbocycles. The maximum Gasteiger partial charge on any atom is 0.339 e. The molecule has 18 heavy (non-hydrogen) atoms. The summed E-state index contributed by atoms with van der Waals surface area (Å²) in [6.45, 7) is 0.174. The Labute approximate surface area is 120 Å². The second kappa shape index (κ2) is 7.04. The monoisotopic (exact) mass is 311 g/mol. The number of carbonyl (C=O) groups is 1. The SMILES string of the molecule is COC(=O)c1ccc(Cl)c(NCC(O)CCl)c1Cl. The van der Waals surface area contributed by atoms with Gasteiger partial charge in [-0.1, -0.05) is 23.2 Å². The lowest BCUT2D eigenvalue weighted by atomic mass is 10.2. The first-order valence-corrected chi connectivity index (χ1v) is 6.34. The summed E-state index contributed by atoms with van der Waals surface area (Å²) >= 11 is 17.5. The van der Waals surface area contributed by atoms with Gasteiger partial charge in [0.25, 0.3) is 0 Å². The van der Waals surface area contributed by atoms with Gasteiger partial charge < -0.3 is 15.2 Å². The standard InChI is InChI=1S/C11H12Cl3NO3/c1-18-11(17)7-2-3-8(13)10(9(7)14)15-5-6(16)4-12/h2-3,6,15-16H,4-5H2,1H3. The average molecular weight is 313 g/mol. The van der Waals surface area contributed by atoms with E-state index in [-0.39, 0.29) is 23.0 Å². The summed E-state index contributed by atoms with van der Waals surface area (Å²) in [5.74, 6) is -0.475. The third-order valence-electron chi connectivity index (χ3n) is 2.19. The molecule has 0 bridgehead atoms. The predicted molar refractivity (Wildman–Crippen MR) is 73.0 cm³/mol. The van der Waals surface area contributed by atoms with Crippen molar-refractivity contribution in [2.24, 2.45) is 0 Å². The second-order valence-electron chi connectivity index (χ2n) is 3.46. The highest BCUT2D eigenvalue weighted by molar-refractivity contribution is 6.41. The van der Waals surface area contributed by atoms with E-state index in [0.29, 0.717) is 10.7 Å². The number of methoxy groups -OCH3 is 1. The van der Waals surface area contributed by atoms with Crippen LogP contribution in [0.25, 0.3) is 0 Å². The van der Waals surface area contributed by atoms with Crippen LogP contribution in [0.3, 0.4) is 0 Å². The number of benzene rings is 1. The summed E-state index contributed by atoms with van der Waals surface area (Å²) in [5.41, 5.74) is 0.567. The molecule has 1 unspecified atom stereocenters. The molecule has 4 nitrogen and oxygen atoms in total. The fourth-order valence-corrected chi connectivity index (χ4v) is 1.95. The molecule has 0 heterocycles. The number of aliphatic hydroxyl groups excluding tert-OH is 1. The summed E-state index contributed by atoms with van der Waals surface area (Å²) in [6, 6.07) is 2.99. The van der Waals surface area contributed by atoms with Gasteiger partial charge in [-0.05, 0) is 12.1 Å². The van der Waals surface area contributed by atoms with Crippen LogP contribution < -0.4 is 5.32 Å². The highest BCUT2D eigenvalue weighted by Gasteiger charge is 2.17. The van der Waals surface area contributed by atoms with Gasteiger partial charge in [0.15, 0.2) is 0 Å². The summed E-state index contributed by atoms with van der Waals surface area (Å²) in [4.78, 5) is 11.4. The van der Waals surface area contributed by atoms with E-state index in [1.54, 1.807) is 0 Å². The molecule has 2 N–H and O–H groups in total. The second-order valence-corrected chi connectivity index (χ2v) is 4.56. The highest BCUT2D eigenvalue weighted by atomic mass is 35.5. The molecule has 0 aromatic heterocycles. The lowest BCUT2D eigenvalue weighted by molar-refractivity contribution is 0.0601. The topological polar surface area (TPSA) is 58.6 Å². The number of ether oxygens (including phenoxy) is 1. The number of anilines is 1. The van der Waals surface area contributed by atoms with Crippen LogP contribution in [0.2, 0.25) is 10.0 Å². The fraction of sp³-hybridized carbons (Fsp3) is 0.364. The van der Waals surface area contributed by atoms with Crippen molar-refractivity contribution in [3.05, 3.63) is 27.7 Å². The Morgan fingerprint density at radius 3 is 2.72 bits per heavy atom. The van der Waals surface area contributed by atoms with Gasteiger partial charge in [0.2, 0.25) is 0 Å². The van der Waals surface area contributed by atoms with E-state index < -0.39 is 12.1 Å². The zero-order valence-electron chi connectivity index (χ0n) is 9.54. The Morgan fingerprint density at radius 1 is 1.50 bits per heavy atom. The Kier molecular flexibility index (Phi) is 6.02. The van der Waals surface area contributed by atoms with Crippen LogP contribution >= 0.6 is 34.8 Å². The average Bonchev–Trinajstić information content (AvgIpc) is 2.37.